The van der Waals surface area contributed by atoms with Crippen LogP contribution in [0.4, 0.5) is 0 Å². The van der Waals surface area contributed by atoms with Crippen molar-refractivity contribution in [1.29, 1.82) is 0 Å². The van der Waals surface area contributed by atoms with Crippen molar-refractivity contribution in [3.05, 3.63) is 36.0 Å². The van der Waals surface area contributed by atoms with Crippen LogP contribution in [0.1, 0.15) is 10.4 Å². The first-order valence-corrected chi connectivity index (χ1v) is 6.21. The Bertz CT molecular complexity index is 717. The highest BCUT2D eigenvalue weighted by atomic mass is 16.5. The van der Waals surface area contributed by atoms with Gasteiger partial charge in [-0.2, -0.15) is 0 Å². The molecule has 1 aliphatic heterocycles. The zero-order valence-electron chi connectivity index (χ0n) is 10.8. The summed E-state index contributed by atoms with van der Waals surface area (Å²) in [5.41, 5.74) is 1.43. The van der Waals surface area contributed by atoms with Crippen LogP contribution in [0.3, 0.4) is 0 Å². The molecule has 2 heterocycles. The van der Waals surface area contributed by atoms with E-state index in [1.807, 2.05) is 24.3 Å². The first-order chi connectivity index (χ1) is 9.70. The number of esters is 1. The Hall–Kier alpha value is -2.63. The van der Waals surface area contributed by atoms with Crippen LogP contribution in [0.5, 0.6) is 0 Å². The molecule has 0 bridgehead atoms. The van der Waals surface area contributed by atoms with Crippen LogP contribution in [-0.4, -0.2) is 42.3 Å². The Labute approximate surface area is 114 Å². The normalized spacial score (nSPS) is 17.6. The number of aromatic nitrogens is 1. The molecular weight excluding hydrogens is 258 g/mol. The number of carbonyl (C=O) groups excluding carboxylic acids is 2. The van der Waals surface area contributed by atoms with Crippen LogP contribution in [0.25, 0.3) is 10.9 Å². The highest BCUT2D eigenvalue weighted by molar-refractivity contribution is 6.47. The molecule has 6 heteroatoms. The molecule has 0 aliphatic carbocycles. The van der Waals surface area contributed by atoms with Gasteiger partial charge in [0.2, 0.25) is 5.78 Å². The van der Waals surface area contributed by atoms with Crippen LogP contribution in [0, 0.1) is 0 Å². The summed E-state index contributed by atoms with van der Waals surface area (Å²) >= 11 is 0. The van der Waals surface area contributed by atoms with E-state index in [9.17, 15) is 9.59 Å². The Balaban J connectivity index is 1.92. The quantitative estimate of drug-likeness (QED) is 0.641. The summed E-state index contributed by atoms with van der Waals surface area (Å²) in [6.45, 7) is 0.288. The highest BCUT2D eigenvalue weighted by Crippen LogP contribution is 2.19. The number of aromatic amines is 1. The molecule has 3 rings (SSSR count). The van der Waals surface area contributed by atoms with Crippen LogP contribution < -0.4 is 5.32 Å². The number of aliphatic imine (C=N–C) groups is 1. The fraction of sp³-hybridized carbons (Fsp3) is 0.214. The fourth-order valence-electron chi connectivity index (χ4n) is 2.24. The monoisotopic (exact) mass is 271 g/mol. The minimum Gasteiger partial charge on any atom is -0.467 e. The number of ether oxygens (including phenoxy) is 1. The van der Waals surface area contributed by atoms with Crippen molar-refractivity contribution in [1.82, 2.24) is 10.3 Å². The second kappa shape index (κ2) is 4.80. The lowest BCUT2D eigenvalue weighted by Crippen LogP contribution is -2.30. The van der Waals surface area contributed by atoms with Crippen molar-refractivity contribution >= 4 is 28.5 Å². The second-order valence-electron chi connectivity index (χ2n) is 4.47. The van der Waals surface area contributed by atoms with Crippen molar-refractivity contribution in [2.45, 2.75) is 6.04 Å². The van der Waals surface area contributed by atoms with Crippen molar-refractivity contribution in [3.63, 3.8) is 0 Å². The van der Waals surface area contributed by atoms with Crippen molar-refractivity contribution < 1.29 is 14.3 Å². The van der Waals surface area contributed by atoms with Gasteiger partial charge in [0.15, 0.2) is 11.9 Å². The maximum Gasteiger partial charge on any atom is 0.332 e. The second-order valence-corrected chi connectivity index (χ2v) is 4.47. The number of fused-ring (bicyclic) bond motifs is 1. The van der Waals surface area contributed by atoms with Crippen molar-refractivity contribution in [3.8, 4) is 0 Å². The molecule has 2 N–H and O–H groups in total. The topological polar surface area (TPSA) is 83.5 Å². The van der Waals surface area contributed by atoms with Gasteiger partial charge in [0.1, 0.15) is 0 Å². The lowest BCUT2D eigenvalue weighted by atomic mass is 10.1. The maximum atomic E-state index is 12.4. The number of hydrogen-bond acceptors (Lipinski definition) is 5. The number of hydrogen-bond donors (Lipinski definition) is 2. The van der Waals surface area contributed by atoms with Gasteiger partial charge in [0.05, 0.1) is 12.7 Å². The standard InChI is InChI=1S/C14H13N3O3/c1-20-14(19)11-7-16-13(17-11)12(18)9-6-15-10-5-3-2-4-8(9)10/h2-6,11,15H,7H2,1H3,(H,16,17). The zero-order chi connectivity index (χ0) is 14.1. The smallest absolute Gasteiger partial charge is 0.332 e. The van der Waals surface area contributed by atoms with Gasteiger partial charge >= 0.3 is 5.97 Å². The van der Waals surface area contributed by atoms with Gasteiger partial charge in [-0.15, -0.1) is 0 Å². The van der Waals surface area contributed by atoms with Crippen LogP contribution >= 0.6 is 0 Å². The minimum absolute atomic E-state index is 0.199. The summed E-state index contributed by atoms with van der Waals surface area (Å²) in [6, 6.07) is 6.88. The number of methoxy groups -OCH3 is 1. The number of amidine groups is 1. The minimum atomic E-state index is -0.649. The summed E-state index contributed by atoms with van der Waals surface area (Å²) in [4.78, 5) is 30.9. The van der Waals surface area contributed by atoms with Crippen LogP contribution in [0.2, 0.25) is 0 Å². The van der Waals surface area contributed by atoms with Crippen LogP contribution in [0.15, 0.2) is 35.5 Å². The maximum absolute atomic E-state index is 12.4. The summed E-state index contributed by atoms with van der Waals surface area (Å²) in [6.07, 6.45) is 1.66. The Kier molecular flexibility index (Phi) is 2.98. The number of Topliss-reactive ketones (excluding diaryl/α,β-unsaturated/α-hetero) is 1. The lowest BCUT2D eigenvalue weighted by molar-refractivity contribution is -0.141. The molecule has 0 spiro atoms. The SMILES string of the molecule is COC(=O)C1CNC(C(=O)c2c[nH]c3ccccc23)=N1. The first kappa shape index (κ1) is 12.4. The largest absolute Gasteiger partial charge is 0.467 e. The molecule has 1 atom stereocenters. The molecule has 0 saturated heterocycles. The summed E-state index contributed by atoms with van der Waals surface area (Å²) < 4.78 is 4.62. The van der Waals surface area contributed by atoms with E-state index in [4.69, 9.17) is 0 Å². The van der Waals surface area contributed by atoms with E-state index in [0.717, 1.165) is 10.9 Å². The first-order valence-electron chi connectivity index (χ1n) is 6.21. The molecule has 0 saturated carbocycles. The van der Waals surface area contributed by atoms with E-state index >= 15 is 0 Å². The number of para-hydroxylation sites is 1. The average Bonchev–Trinajstić information content (AvgIpc) is 3.12. The third-order valence-electron chi connectivity index (χ3n) is 3.27. The number of rotatable bonds is 3. The molecular formula is C14H13N3O3. The van der Waals surface area contributed by atoms with Gasteiger partial charge in [0, 0.05) is 23.6 Å². The van der Waals surface area contributed by atoms with Crippen molar-refractivity contribution in [2.24, 2.45) is 4.99 Å². The average molecular weight is 271 g/mol. The van der Waals surface area contributed by atoms with Gasteiger partial charge in [-0.05, 0) is 6.07 Å². The Morgan fingerprint density at radius 1 is 1.35 bits per heavy atom. The number of ketones is 1. The molecule has 6 nitrogen and oxygen atoms in total. The van der Waals surface area contributed by atoms with E-state index in [1.54, 1.807) is 6.20 Å². The number of benzene rings is 1. The molecule has 1 aromatic heterocycles. The van der Waals surface area contributed by atoms with Crippen molar-refractivity contribution in [2.75, 3.05) is 13.7 Å². The number of nitrogens with zero attached hydrogens (tertiary/aromatic N) is 1. The number of carbonyl (C=O) groups is 2. The molecule has 1 aromatic carbocycles. The zero-order valence-corrected chi connectivity index (χ0v) is 10.8. The summed E-state index contributed by atoms with van der Waals surface area (Å²) in [5, 5.41) is 3.70. The molecule has 0 radical (unpaired) electrons. The molecule has 0 amide bonds. The number of H-pyrrole nitrogens is 1. The van der Waals surface area contributed by atoms with E-state index in [0.29, 0.717) is 5.56 Å². The third kappa shape index (κ3) is 1.95. The van der Waals surface area contributed by atoms with E-state index < -0.39 is 12.0 Å². The number of nitrogens with one attached hydrogen (secondary N) is 2. The molecule has 1 aliphatic rings. The van der Waals surface area contributed by atoms with Gasteiger partial charge in [0.25, 0.3) is 0 Å². The predicted octanol–water partition coefficient (Wildman–Crippen LogP) is 0.894. The fourth-order valence-corrected chi connectivity index (χ4v) is 2.24. The molecule has 2 aromatic rings. The van der Waals surface area contributed by atoms with E-state index in [1.165, 1.54) is 7.11 Å². The van der Waals surface area contributed by atoms with E-state index in [-0.39, 0.29) is 18.2 Å². The summed E-state index contributed by atoms with van der Waals surface area (Å²) in [5.74, 6) is -0.474. The molecule has 102 valence electrons. The highest BCUT2D eigenvalue weighted by Gasteiger charge is 2.29. The van der Waals surface area contributed by atoms with Gasteiger partial charge in [-0.3, -0.25) is 4.79 Å². The molecule has 20 heavy (non-hydrogen) atoms. The lowest BCUT2D eigenvalue weighted by Gasteiger charge is -2.00. The van der Waals surface area contributed by atoms with E-state index in [2.05, 4.69) is 20.0 Å². The third-order valence-corrected chi connectivity index (χ3v) is 3.27. The van der Waals surface area contributed by atoms with Gasteiger partial charge < -0.3 is 15.0 Å². The molecule has 1 unspecified atom stereocenters. The van der Waals surface area contributed by atoms with Gasteiger partial charge in [-0.25, -0.2) is 9.79 Å². The van der Waals surface area contributed by atoms with Gasteiger partial charge in [-0.1, -0.05) is 18.2 Å². The Morgan fingerprint density at radius 2 is 2.15 bits per heavy atom. The molecule has 0 fully saturated rings. The predicted molar refractivity (Wildman–Crippen MR) is 73.9 cm³/mol. The van der Waals surface area contributed by atoms with Crippen LogP contribution in [-0.2, 0) is 9.53 Å². The summed E-state index contributed by atoms with van der Waals surface area (Å²) in [7, 11) is 1.30. The Morgan fingerprint density at radius 3 is 2.95 bits per heavy atom.